The van der Waals surface area contributed by atoms with E-state index in [-0.39, 0.29) is 18.9 Å². The van der Waals surface area contributed by atoms with Crippen molar-refractivity contribution in [3.05, 3.63) is 58.6 Å². The molecule has 0 spiro atoms. The first-order chi connectivity index (χ1) is 11.7. The van der Waals surface area contributed by atoms with Gasteiger partial charge in [-0.05, 0) is 37.6 Å². The molecular formula is C18H21ClN2O3S. The van der Waals surface area contributed by atoms with E-state index in [0.717, 1.165) is 27.4 Å². The maximum absolute atomic E-state index is 12.2. The Kier molecular flexibility index (Phi) is 6.08. The van der Waals surface area contributed by atoms with Crippen molar-refractivity contribution < 1.29 is 13.2 Å². The van der Waals surface area contributed by atoms with Crippen LogP contribution in [0, 0.1) is 13.8 Å². The van der Waals surface area contributed by atoms with Crippen LogP contribution in [0.2, 0.25) is 5.02 Å². The van der Waals surface area contributed by atoms with Crippen LogP contribution in [0.1, 0.15) is 17.5 Å². The van der Waals surface area contributed by atoms with Crippen molar-refractivity contribution in [2.75, 3.05) is 22.4 Å². The second kappa shape index (κ2) is 7.89. The van der Waals surface area contributed by atoms with Crippen LogP contribution in [-0.4, -0.2) is 27.1 Å². The molecule has 1 amide bonds. The van der Waals surface area contributed by atoms with Gasteiger partial charge in [0.25, 0.3) is 0 Å². The minimum absolute atomic E-state index is 0.0132. The number of halogens is 1. The van der Waals surface area contributed by atoms with Gasteiger partial charge < -0.3 is 5.32 Å². The predicted octanol–water partition coefficient (Wildman–Crippen LogP) is 3.75. The van der Waals surface area contributed by atoms with E-state index in [1.807, 2.05) is 32.0 Å². The average molecular weight is 381 g/mol. The van der Waals surface area contributed by atoms with Crippen molar-refractivity contribution in [3.63, 3.8) is 0 Å². The Labute approximate surface area is 153 Å². The van der Waals surface area contributed by atoms with Crippen molar-refractivity contribution in [3.8, 4) is 0 Å². The van der Waals surface area contributed by atoms with E-state index in [2.05, 4.69) is 5.32 Å². The molecule has 0 radical (unpaired) electrons. The third kappa shape index (κ3) is 5.21. The lowest BCUT2D eigenvalue weighted by Crippen LogP contribution is -2.33. The average Bonchev–Trinajstić information content (AvgIpc) is 2.51. The second-order valence-electron chi connectivity index (χ2n) is 5.90. The standard InChI is InChI=1S/C18H21ClN2O3S/c1-13-8-9-16(14(2)12-13)20-18(22)10-11-21(25(3,23)24)17-7-5-4-6-15(17)19/h4-9,12H,10-11H2,1-3H3,(H,20,22). The number of sulfonamides is 1. The van der Waals surface area contributed by atoms with E-state index in [1.54, 1.807) is 24.3 Å². The van der Waals surface area contributed by atoms with Gasteiger partial charge in [-0.2, -0.15) is 0 Å². The molecule has 5 nitrogen and oxygen atoms in total. The van der Waals surface area contributed by atoms with Crippen LogP contribution in [0.4, 0.5) is 11.4 Å². The number of carbonyl (C=O) groups is 1. The van der Waals surface area contributed by atoms with Crippen LogP contribution < -0.4 is 9.62 Å². The Bertz CT molecular complexity index is 882. The summed E-state index contributed by atoms with van der Waals surface area (Å²) in [7, 11) is -3.55. The number of carbonyl (C=O) groups excluding carboxylic acids is 1. The summed E-state index contributed by atoms with van der Waals surface area (Å²) in [6, 6.07) is 12.4. The van der Waals surface area contributed by atoms with Gasteiger partial charge in [0.1, 0.15) is 0 Å². The molecule has 0 atom stereocenters. The molecule has 2 aromatic rings. The molecule has 0 fully saturated rings. The highest BCUT2D eigenvalue weighted by atomic mass is 35.5. The maximum Gasteiger partial charge on any atom is 0.232 e. The quantitative estimate of drug-likeness (QED) is 0.829. The smallest absolute Gasteiger partial charge is 0.232 e. The minimum atomic E-state index is -3.55. The molecule has 0 heterocycles. The third-order valence-corrected chi connectivity index (χ3v) is 5.22. The fraction of sp³-hybridized carbons (Fsp3) is 0.278. The second-order valence-corrected chi connectivity index (χ2v) is 8.22. The zero-order valence-corrected chi connectivity index (χ0v) is 16.0. The van der Waals surface area contributed by atoms with Gasteiger partial charge in [-0.1, -0.05) is 41.4 Å². The summed E-state index contributed by atoms with van der Waals surface area (Å²) in [5.74, 6) is -0.257. The first-order valence-electron chi connectivity index (χ1n) is 7.78. The molecular weight excluding hydrogens is 360 g/mol. The fourth-order valence-corrected chi connectivity index (χ4v) is 3.72. The van der Waals surface area contributed by atoms with Crippen LogP contribution >= 0.6 is 11.6 Å². The van der Waals surface area contributed by atoms with Crippen molar-refractivity contribution in [1.29, 1.82) is 0 Å². The number of nitrogens with one attached hydrogen (secondary N) is 1. The molecule has 0 aliphatic rings. The van der Waals surface area contributed by atoms with Crippen LogP contribution in [0.5, 0.6) is 0 Å². The number of rotatable bonds is 6. The van der Waals surface area contributed by atoms with Gasteiger partial charge in [-0.15, -0.1) is 0 Å². The third-order valence-electron chi connectivity index (χ3n) is 3.72. The summed E-state index contributed by atoms with van der Waals surface area (Å²) in [5, 5.41) is 3.14. The SMILES string of the molecule is Cc1ccc(NC(=O)CCN(c2ccccc2Cl)S(C)(=O)=O)c(C)c1. The van der Waals surface area contributed by atoms with E-state index in [9.17, 15) is 13.2 Å². The summed E-state index contributed by atoms with van der Waals surface area (Å²) in [6.45, 7) is 3.90. The number of aryl methyl sites for hydroxylation is 2. The number of nitrogens with zero attached hydrogens (tertiary/aromatic N) is 1. The topological polar surface area (TPSA) is 66.5 Å². The van der Waals surface area contributed by atoms with Crippen molar-refractivity contribution >= 4 is 38.9 Å². The monoisotopic (exact) mass is 380 g/mol. The summed E-state index contributed by atoms with van der Waals surface area (Å²) >= 11 is 6.10. The Balaban J connectivity index is 2.11. The molecule has 134 valence electrons. The van der Waals surface area contributed by atoms with Crippen LogP contribution in [0.3, 0.4) is 0 Å². The van der Waals surface area contributed by atoms with Gasteiger partial charge in [0, 0.05) is 18.7 Å². The largest absolute Gasteiger partial charge is 0.326 e. The number of benzene rings is 2. The molecule has 25 heavy (non-hydrogen) atoms. The van der Waals surface area contributed by atoms with Crippen molar-refractivity contribution in [2.24, 2.45) is 0 Å². The van der Waals surface area contributed by atoms with Crippen LogP contribution in [0.25, 0.3) is 0 Å². The number of anilines is 2. The lowest BCUT2D eigenvalue weighted by atomic mass is 10.1. The van der Waals surface area contributed by atoms with Gasteiger partial charge in [0.15, 0.2) is 0 Å². The minimum Gasteiger partial charge on any atom is -0.326 e. The van der Waals surface area contributed by atoms with E-state index < -0.39 is 10.0 Å². The van der Waals surface area contributed by atoms with Gasteiger partial charge in [0.2, 0.25) is 15.9 Å². The number of para-hydroxylation sites is 1. The molecule has 2 rings (SSSR count). The Morgan fingerprint density at radius 3 is 2.44 bits per heavy atom. The first-order valence-corrected chi connectivity index (χ1v) is 10.0. The predicted molar refractivity (Wildman–Crippen MR) is 103 cm³/mol. The first kappa shape index (κ1) is 19.3. The van der Waals surface area contributed by atoms with Gasteiger partial charge >= 0.3 is 0 Å². The highest BCUT2D eigenvalue weighted by molar-refractivity contribution is 7.92. The summed E-state index contributed by atoms with van der Waals surface area (Å²) in [5.41, 5.74) is 3.15. The molecule has 0 aromatic heterocycles. The highest BCUT2D eigenvalue weighted by Gasteiger charge is 2.20. The van der Waals surface area contributed by atoms with Crippen molar-refractivity contribution in [1.82, 2.24) is 0 Å². The summed E-state index contributed by atoms with van der Waals surface area (Å²) < 4.78 is 25.3. The van der Waals surface area contributed by atoms with E-state index in [4.69, 9.17) is 11.6 Å². The number of amides is 1. The van der Waals surface area contributed by atoms with Gasteiger partial charge in [-0.3, -0.25) is 9.10 Å². The van der Waals surface area contributed by atoms with Crippen LogP contribution in [-0.2, 0) is 14.8 Å². The van der Waals surface area contributed by atoms with E-state index >= 15 is 0 Å². The molecule has 0 saturated heterocycles. The number of hydrogen-bond donors (Lipinski definition) is 1. The normalized spacial score (nSPS) is 11.2. The lowest BCUT2D eigenvalue weighted by molar-refractivity contribution is -0.116. The van der Waals surface area contributed by atoms with E-state index in [1.165, 1.54) is 0 Å². The van der Waals surface area contributed by atoms with E-state index in [0.29, 0.717) is 10.7 Å². The van der Waals surface area contributed by atoms with Crippen molar-refractivity contribution in [2.45, 2.75) is 20.3 Å². The zero-order valence-electron chi connectivity index (χ0n) is 14.4. The molecule has 0 aliphatic heterocycles. The lowest BCUT2D eigenvalue weighted by Gasteiger charge is -2.23. The number of hydrogen-bond acceptors (Lipinski definition) is 3. The molecule has 7 heteroatoms. The highest BCUT2D eigenvalue weighted by Crippen LogP contribution is 2.27. The Morgan fingerprint density at radius 1 is 1.16 bits per heavy atom. The maximum atomic E-state index is 12.2. The molecule has 1 N–H and O–H groups in total. The molecule has 0 bridgehead atoms. The summed E-state index contributed by atoms with van der Waals surface area (Å²) in [6.07, 6.45) is 1.12. The molecule has 2 aromatic carbocycles. The van der Waals surface area contributed by atoms with Crippen LogP contribution in [0.15, 0.2) is 42.5 Å². The summed E-state index contributed by atoms with van der Waals surface area (Å²) in [4.78, 5) is 12.2. The molecule has 0 saturated carbocycles. The Hall–Kier alpha value is -2.05. The molecule has 0 aliphatic carbocycles. The van der Waals surface area contributed by atoms with Gasteiger partial charge in [-0.25, -0.2) is 8.42 Å². The Morgan fingerprint density at radius 2 is 1.84 bits per heavy atom. The molecule has 0 unspecified atom stereocenters. The van der Waals surface area contributed by atoms with Gasteiger partial charge in [0.05, 0.1) is 17.0 Å². The zero-order chi connectivity index (χ0) is 18.6. The fourth-order valence-electron chi connectivity index (χ4n) is 2.49.